The number of fused-ring (bicyclic) bond motifs is 3. The zero-order valence-corrected chi connectivity index (χ0v) is 16.4. The molecule has 1 amide bonds. The number of hydrogen-bond acceptors (Lipinski definition) is 5. The largest absolute Gasteiger partial charge is 0.352 e. The van der Waals surface area contributed by atoms with E-state index in [2.05, 4.69) is 16.7 Å². The molecule has 0 bridgehead atoms. The van der Waals surface area contributed by atoms with E-state index in [1.54, 1.807) is 0 Å². The molecule has 0 spiro atoms. The van der Waals surface area contributed by atoms with E-state index in [-0.39, 0.29) is 0 Å². The van der Waals surface area contributed by atoms with E-state index in [1.807, 2.05) is 18.3 Å². The average Bonchev–Trinajstić information content (AvgIpc) is 3.42. The first kappa shape index (κ1) is 16.5. The molecule has 6 heteroatoms. The topological polar surface area (TPSA) is 49.3 Å². The molecule has 2 aromatic heterocycles. The van der Waals surface area contributed by atoms with Gasteiger partial charge in [-0.2, -0.15) is 0 Å². The van der Waals surface area contributed by atoms with E-state index in [0.717, 1.165) is 67.8 Å². The molecule has 2 aliphatic carbocycles. The van der Waals surface area contributed by atoms with E-state index < -0.39 is 0 Å². The van der Waals surface area contributed by atoms with Crippen LogP contribution in [-0.2, 0) is 17.6 Å². The average molecular weight is 371 g/mol. The van der Waals surface area contributed by atoms with Crippen molar-refractivity contribution in [1.29, 1.82) is 0 Å². The van der Waals surface area contributed by atoms with E-state index in [4.69, 9.17) is 9.97 Å². The van der Waals surface area contributed by atoms with Crippen LogP contribution in [0.25, 0.3) is 10.2 Å². The molecule has 1 atom stereocenters. The second-order valence-corrected chi connectivity index (χ2v) is 9.30. The molecule has 1 saturated heterocycles. The van der Waals surface area contributed by atoms with E-state index in [9.17, 15) is 4.79 Å². The summed E-state index contributed by atoms with van der Waals surface area (Å²) >= 11 is 1.87. The number of aryl methyl sites for hydroxylation is 2. The lowest BCUT2D eigenvalue weighted by atomic mass is 9.89. The molecule has 3 aliphatic rings. The molecule has 0 aromatic carbocycles. The Labute approximate surface area is 158 Å². The summed E-state index contributed by atoms with van der Waals surface area (Å²) in [6, 6.07) is 0. The van der Waals surface area contributed by atoms with Crippen LogP contribution in [0.5, 0.6) is 0 Å². The summed E-state index contributed by atoms with van der Waals surface area (Å²) in [6.45, 7) is 7.75. The molecule has 26 heavy (non-hydrogen) atoms. The van der Waals surface area contributed by atoms with Gasteiger partial charge in [0.15, 0.2) is 0 Å². The van der Waals surface area contributed by atoms with Crippen molar-refractivity contribution in [1.82, 2.24) is 14.9 Å². The van der Waals surface area contributed by atoms with Gasteiger partial charge in [-0.05, 0) is 50.5 Å². The number of carbonyl (C=O) groups is 1. The van der Waals surface area contributed by atoms with Gasteiger partial charge in [0.2, 0.25) is 5.91 Å². The maximum atomic E-state index is 12.3. The molecule has 2 fully saturated rings. The van der Waals surface area contributed by atoms with Gasteiger partial charge < -0.3 is 9.80 Å². The van der Waals surface area contributed by atoms with Crippen molar-refractivity contribution in [3.8, 4) is 0 Å². The Morgan fingerprint density at radius 2 is 1.88 bits per heavy atom. The van der Waals surface area contributed by atoms with Crippen LogP contribution in [0.2, 0.25) is 0 Å². The van der Waals surface area contributed by atoms with Gasteiger partial charge in [0, 0.05) is 37.0 Å². The quantitative estimate of drug-likeness (QED) is 0.815. The van der Waals surface area contributed by atoms with E-state index in [1.165, 1.54) is 28.7 Å². The molecule has 5 nitrogen and oxygen atoms in total. The Balaban J connectivity index is 1.46. The fourth-order valence-corrected chi connectivity index (χ4v) is 5.81. The van der Waals surface area contributed by atoms with Crippen molar-refractivity contribution < 1.29 is 4.79 Å². The maximum Gasteiger partial charge on any atom is 0.225 e. The highest BCUT2D eigenvalue weighted by atomic mass is 32.1. The first-order chi connectivity index (χ1) is 12.6. The highest BCUT2D eigenvalue weighted by Gasteiger charge is 2.35. The standard InChI is InChI=1S/C20H26N4OS/c1-12-3-6-15-16(11-12)26-19-17(15)18(21-13(2)22-19)23-7-9-24(10-8-23)20(25)14-4-5-14/h12,14H,3-11H2,1-2H3/t12-/m1/s1. The number of nitrogens with zero attached hydrogens (tertiary/aromatic N) is 4. The highest BCUT2D eigenvalue weighted by Crippen LogP contribution is 2.41. The van der Waals surface area contributed by atoms with E-state index >= 15 is 0 Å². The van der Waals surface area contributed by atoms with Crippen LogP contribution in [0.15, 0.2) is 0 Å². The number of thiophene rings is 1. The Morgan fingerprint density at radius 1 is 1.12 bits per heavy atom. The number of carbonyl (C=O) groups excluding carboxylic acids is 1. The molecular formula is C20H26N4OS. The molecule has 0 radical (unpaired) electrons. The molecule has 1 saturated carbocycles. The number of hydrogen-bond donors (Lipinski definition) is 0. The zero-order chi connectivity index (χ0) is 17.8. The number of rotatable bonds is 2. The van der Waals surface area contributed by atoms with Crippen molar-refractivity contribution in [3.05, 3.63) is 16.3 Å². The number of anilines is 1. The smallest absolute Gasteiger partial charge is 0.225 e. The van der Waals surface area contributed by atoms with Gasteiger partial charge >= 0.3 is 0 Å². The van der Waals surface area contributed by atoms with Gasteiger partial charge in [-0.25, -0.2) is 9.97 Å². The highest BCUT2D eigenvalue weighted by molar-refractivity contribution is 7.19. The van der Waals surface area contributed by atoms with Crippen LogP contribution >= 0.6 is 11.3 Å². The van der Waals surface area contributed by atoms with Crippen molar-refractivity contribution in [3.63, 3.8) is 0 Å². The summed E-state index contributed by atoms with van der Waals surface area (Å²) in [7, 11) is 0. The normalized spacial score (nSPS) is 23.4. The summed E-state index contributed by atoms with van der Waals surface area (Å²) in [6.07, 6.45) is 5.76. The number of piperazine rings is 1. The Morgan fingerprint density at radius 3 is 2.62 bits per heavy atom. The van der Waals surface area contributed by atoms with Crippen molar-refractivity contribution in [2.24, 2.45) is 11.8 Å². The van der Waals surface area contributed by atoms with Gasteiger partial charge in [-0.1, -0.05) is 6.92 Å². The SMILES string of the molecule is Cc1nc(N2CCN(C(=O)C3CC3)CC2)c2c3c(sc2n1)C[C@H](C)CC3. The maximum absolute atomic E-state index is 12.3. The Hall–Kier alpha value is -1.69. The minimum absolute atomic E-state index is 0.320. The van der Waals surface area contributed by atoms with Gasteiger partial charge in [-0.3, -0.25) is 4.79 Å². The molecule has 2 aromatic rings. The summed E-state index contributed by atoms with van der Waals surface area (Å²) in [4.78, 5) is 29.1. The van der Waals surface area contributed by atoms with Crippen molar-refractivity contribution in [2.45, 2.75) is 46.0 Å². The van der Waals surface area contributed by atoms with Crippen LogP contribution < -0.4 is 4.90 Å². The predicted octanol–water partition coefficient (Wildman–Crippen LogP) is 3.18. The second-order valence-electron chi connectivity index (χ2n) is 8.21. The third-order valence-electron chi connectivity index (χ3n) is 6.07. The first-order valence-electron chi connectivity index (χ1n) is 9.93. The predicted molar refractivity (Wildman–Crippen MR) is 105 cm³/mol. The van der Waals surface area contributed by atoms with Gasteiger partial charge in [0.25, 0.3) is 0 Å². The minimum Gasteiger partial charge on any atom is -0.352 e. The molecule has 1 aliphatic heterocycles. The molecule has 5 rings (SSSR count). The zero-order valence-electron chi connectivity index (χ0n) is 15.6. The summed E-state index contributed by atoms with van der Waals surface area (Å²) in [5.74, 6) is 3.43. The summed E-state index contributed by atoms with van der Waals surface area (Å²) in [5.41, 5.74) is 1.49. The van der Waals surface area contributed by atoms with Gasteiger partial charge in [0.1, 0.15) is 16.5 Å². The van der Waals surface area contributed by atoms with Crippen molar-refractivity contribution >= 4 is 33.3 Å². The molecular weight excluding hydrogens is 344 g/mol. The minimum atomic E-state index is 0.320. The van der Waals surface area contributed by atoms with Crippen LogP contribution in [0.1, 0.15) is 42.5 Å². The Kier molecular flexibility index (Phi) is 3.92. The van der Waals surface area contributed by atoms with Gasteiger partial charge in [0.05, 0.1) is 5.39 Å². The third-order valence-corrected chi connectivity index (χ3v) is 7.21. The van der Waals surface area contributed by atoms with Crippen LogP contribution in [0.3, 0.4) is 0 Å². The monoisotopic (exact) mass is 370 g/mol. The molecule has 0 unspecified atom stereocenters. The molecule has 0 N–H and O–H groups in total. The third kappa shape index (κ3) is 2.79. The fourth-order valence-electron chi connectivity index (χ4n) is 4.38. The van der Waals surface area contributed by atoms with Crippen molar-refractivity contribution in [2.75, 3.05) is 31.1 Å². The lowest BCUT2D eigenvalue weighted by molar-refractivity contribution is -0.132. The lowest BCUT2D eigenvalue weighted by Gasteiger charge is -2.36. The number of aromatic nitrogens is 2. The fraction of sp³-hybridized carbons (Fsp3) is 0.650. The molecule has 138 valence electrons. The van der Waals surface area contributed by atoms with Gasteiger partial charge in [-0.15, -0.1) is 11.3 Å². The number of amides is 1. The Bertz CT molecular complexity index is 864. The second kappa shape index (κ2) is 6.19. The van der Waals surface area contributed by atoms with Crippen LogP contribution in [-0.4, -0.2) is 47.0 Å². The van der Waals surface area contributed by atoms with Crippen LogP contribution in [0, 0.1) is 18.8 Å². The van der Waals surface area contributed by atoms with E-state index in [0.29, 0.717) is 11.8 Å². The summed E-state index contributed by atoms with van der Waals surface area (Å²) < 4.78 is 0. The first-order valence-corrected chi connectivity index (χ1v) is 10.7. The van der Waals surface area contributed by atoms with Crippen LogP contribution in [0.4, 0.5) is 5.82 Å². The lowest BCUT2D eigenvalue weighted by Crippen LogP contribution is -2.49. The summed E-state index contributed by atoms with van der Waals surface area (Å²) in [5, 5.41) is 1.30. The molecule has 3 heterocycles.